The van der Waals surface area contributed by atoms with Gasteiger partial charge in [-0.15, -0.1) is 0 Å². The standard InChI is InChI=1S/2C22H24N2O3S/c2*1-23-13-19(16-4-3-5-17(16)21(23)25)18-12-15(28(2,26)27)6-7-20(18)24-11-10-22(14-24)8-9-22/h2*3-4,6-7,12-13H,5,8-11,14H2,1-2H3. The number of aryl methyl sites for hydroxylation is 2. The lowest BCUT2D eigenvalue weighted by Gasteiger charge is -2.24. The molecule has 0 N–H and O–H groups in total. The van der Waals surface area contributed by atoms with Gasteiger partial charge in [-0.3, -0.25) is 9.59 Å². The number of pyridine rings is 2. The first-order chi connectivity index (χ1) is 26.5. The van der Waals surface area contributed by atoms with Crippen LogP contribution < -0.4 is 20.9 Å². The van der Waals surface area contributed by atoms with Gasteiger partial charge < -0.3 is 18.9 Å². The van der Waals surface area contributed by atoms with Crippen LogP contribution in [-0.4, -0.2) is 64.7 Å². The second-order valence-corrected chi connectivity index (χ2v) is 21.2. The second kappa shape index (κ2) is 12.9. The summed E-state index contributed by atoms with van der Waals surface area (Å²) < 4.78 is 52.2. The predicted octanol–water partition coefficient (Wildman–Crippen LogP) is 6.03. The van der Waals surface area contributed by atoms with Crippen molar-refractivity contribution in [1.82, 2.24) is 9.13 Å². The van der Waals surface area contributed by atoms with Gasteiger partial charge in [0.1, 0.15) is 0 Å². The van der Waals surface area contributed by atoms with Crippen molar-refractivity contribution in [1.29, 1.82) is 0 Å². The lowest BCUT2D eigenvalue weighted by atomic mass is 9.97. The van der Waals surface area contributed by atoms with Crippen LogP contribution in [0, 0.1) is 10.8 Å². The number of aromatic nitrogens is 2. The molecule has 4 fully saturated rings. The van der Waals surface area contributed by atoms with E-state index in [4.69, 9.17) is 0 Å². The molecule has 6 aliphatic rings. The third kappa shape index (κ3) is 6.48. The van der Waals surface area contributed by atoms with E-state index >= 15 is 0 Å². The molecule has 0 radical (unpaired) electrons. The summed E-state index contributed by atoms with van der Waals surface area (Å²) in [7, 11) is -3.12. The molecular weight excluding hydrogens is 745 g/mol. The lowest BCUT2D eigenvalue weighted by molar-refractivity contribution is 0.581. The average molecular weight is 793 g/mol. The van der Waals surface area contributed by atoms with E-state index in [2.05, 4.69) is 9.80 Å². The number of sulfone groups is 2. The van der Waals surface area contributed by atoms with E-state index < -0.39 is 19.7 Å². The van der Waals surface area contributed by atoms with E-state index in [0.717, 1.165) is 82.1 Å². The van der Waals surface area contributed by atoms with Gasteiger partial charge in [0, 0.05) is 110 Å². The molecule has 0 atom stereocenters. The molecule has 10 rings (SSSR count). The van der Waals surface area contributed by atoms with Crippen molar-refractivity contribution in [2.45, 2.75) is 61.2 Å². The Morgan fingerprint density at radius 3 is 1.29 bits per heavy atom. The van der Waals surface area contributed by atoms with Gasteiger partial charge in [0.2, 0.25) is 0 Å². The van der Waals surface area contributed by atoms with E-state index in [1.54, 1.807) is 47.5 Å². The van der Waals surface area contributed by atoms with Gasteiger partial charge in [0.05, 0.1) is 9.79 Å². The quantitative estimate of drug-likeness (QED) is 0.233. The fraction of sp³-hybridized carbons (Fsp3) is 0.409. The van der Waals surface area contributed by atoms with Crippen LogP contribution >= 0.6 is 0 Å². The van der Waals surface area contributed by atoms with Crippen molar-refractivity contribution in [3.05, 3.63) is 104 Å². The Labute approximate surface area is 328 Å². The van der Waals surface area contributed by atoms with Crippen LogP contribution in [0.3, 0.4) is 0 Å². The highest BCUT2D eigenvalue weighted by Crippen LogP contribution is 2.55. The third-order valence-corrected chi connectivity index (χ3v) is 15.3. The van der Waals surface area contributed by atoms with E-state index in [1.165, 1.54) is 51.0 Å². The monoisotopic (exact) mass is 792 g/mol. The maximum Gasteiger partial charge on any atom is 0.254 e. The summed E-state index contributed by atoms with van der Waals surface area (Å²) in [6, 6.07) is 10.9. The fourth-order valence-corrected chi connectivity index (χ4v) is 10.6. The first kappa shape index (κ1) is 36.9. The van der Waals surface area contributed by atoms with Crippen molar-refractivity contribution < 1.29 is 16.8 Å². The van der Waals surface area contributed by atoms with Gasteiger partial charge in [-0.2, -0.15) is 0 Å². The molecule has 4 aliphatic carbocycles. The molecule has 4 aromatic rings. The minimum Gasteiger partial charge on any atom is -0.370 e. The van der Waals surface area contributed by atoms with Crippen molar-refractivity contribution in [3.8, 4) is 22.3 Å². The van der Waals surface area contributed by atoms with Crippen LogP contribution in [-0.2, 0) is 46.6 Å². The van der Waals surface area contributed by atoms with Gasteiger partial charge >= 0.3 is 0 Å². The number of rotatable bonds is 6. The molecule has 2 aromatic carbocycles. The predicted molar refractivity (Wildman–Crippen MR) is 223 cm³/mol. The van der Waals surface area contributed by atoms with Crippen LogP contribution in [0.5, 0.6) is 0 Å². The highest BCUT2D eigenvalue weighted by atomic mass is 32.2. The molecule has 2 saturated carbocycles. The topological polar surface area (TPSA) is 119 Å². The fourth-order valence-electron chi connectivity index (χ4n) is 9.34. The summed E-state index contributed by atoms with van der Waals surface area (Å²) >= 11 is 0. The van der Waals surface area contributed by atoms with Crippen LogP contribution in [0.4, 0.5) is 11.4 Å². The highest BCUT2D eigenvalue weighted by Gasteiger charge is 2.49. The molecule has 0 amide bonds. The molecule has 2 saturated heterocycles. The Balaban J connectivity index is 0.000000146. The first-order valence-electron chi connectivity index (χ1n) is 19.5. The number of hydrogen-bond donors (Lipinski definition) is 0. The molecule has 12 heteroatoms. The summed E-state index contributed by atoms with van der Waals surface area (Å²) in [5.74, 6) is 0. The zero-order chi connectivity index (χ0) is 39.4. The molecule has 2 spiro atoms. The average Bonchev–Trinajstić information content (AvgIpc) is 3.70. The first-order valence-corrected chi connectivity index (χ1v) is 23.3. The second-order valence-electron chi connectivity index (χ2n) is 17.2. The van der Waals surface area contributed by atoms with Gasteiger partial charge in [0.25, 0.3) is 11.1 Å². The van der Waals surface area contributed by atoms with Crippen molar-refractivity contribution in [3.63, 3.8) is 0 Å². The molecule has 2 aromatic heterocycles. The summed E-state index contributed by atoms with van der Waals surface area (Å²) in [5, 5.41) is 0. The van der Waals surface area contributed by atoms with Crippen LogP contribution in [0.25, 0.3) is 34.4 Å². The van der Waals surface area contributed by atoms with Gasteiger partial charge in [-0.05, 0) is 110 Å². The Morgan fingerprint density at radius 2 is 0.946 bits per heavy atom. The van der Waals surface area contributed by atoms with Crippen molar-refractivity contribution in [2.24, 2.45) is 24.9 Å². The number of anilines is 2. The Kier molecular flexibility index (Phi) is 8.52. The summed E-state index contributed by atoms with van der Waals surface area (Å²) in [6.45, 7) is 4.05. The largest absolute Gasteiger partial charge is 0.370 e. The van der Waals surface area contributed by atoms with Crippen LogP contribution in [0.1, 0.15) is 60.8 Å². The number of fused-ring (bicyclic) bond motifs is 2. The van der Waals surface area contributed by atoms with E-state index in [0.29, 0.717) is 33.5 Å². The molecule has 292 valence electrons. The molecule has 10 nitrogen and oxygen atoms in total. The maximum absolute atomic E-state index is 12.5. The SMILES string of the molecule is Cn1cc(-c2cc(S(C)(=O)=O)ccc2N2CCC3(CC3)C2)c2c(c1=O)CC=C2.Cn1cc(-c2cc(S(C)(=O)=O)ccc2N2CCC3(CC3)C2)c2c(c1=O)CC=C2. The summed E-state index contributed by atoms with van der Waals surface area (Å²) in [5.41, 5.74) is 10.2. The van der Waals surface area contributed by atoms with Crippen LogP contribution in [0.15, 0.2) is 80.3 Å². The zero-order valence-electron chi connectivity index (χ0n) is 32.5. The number of allylic oxidation sites excluding steroid dienone is 2. The van der Waals surface area contributed by atoms with Gasteiger partial charge in [-0.1, -0.05) is 24.3 Å². The Morgan fingerprint density at radius 1 is 0.554 bits per heavy atom. The molecule has 2 aliphatic heterocycles. The van der Waals surface area contributed by atoms with E-state index in [-0.39, 0.29) is 11.1 Å². The minimum atomic E-state index is -3.32. The third-order valence-electron chi connectivity index (χ3n) is 13.1. The number of hydrogen-bond acceptors (Lipinski definition) is 8. The Hall–Kier alpha value is -4.68. The van der Waals surface area contributed by atoms with Crippen molar-refractivity contribution in [2.75, 3.05) is 48.5 Å². The molecule has 4 heterocycles. The number of benzene rings is 2. The Bertz CT molecular complexity index is 2560. The molecule has 0 bridgehead atoms. The molecule has 56 heavy (non-hydrogen) atoms. The zero-order valence-corrected chi connectivity index (χ0v) is 34.1. The lowest BCUT2D eigenvalue weighted by Crippen LogP contribution is -2.23. The minimum absolute atomic E-state index is 0.0164. The van der Waals surface area contributed by atoms with E-state index in [1.807, 2.05) is 48.8 Å². The summed E-state index contributed by atoms with van der Waals surface area (Å²) in [4.78, 5) is 30.5. The van der Waals surface area contributed by atoms with E-state index in [9.17, 15) is 26.4 Å². The molecule has 0 unspecified atom stereocenters. The smallest absolute Gasteiger partial charge is 0.254 e. The maximum atomic E-state index is 12.5. The normalized spacial score (nSPS) is 19.4. The number of nitrogens with zero attached hydrogens (tertiary/aromatic N) is 4. The van der Waals surface area contributed by atoms with Crippen molar-refractivity contribution >= 4 is 43.2 Å². The molecular formula is C44H48N4O6S2. The van der Waals surface area contributed by atoms with Crippen LogP contribution in [0.2, 0.25) is 0 Å². The van der Waals surface area contributed by atoms with Gasteiger partial charge in [0.15, 0.2) is 19.7 Å². The highest BCUT2D eigenvalue weighted by molar-refractivity contribution is 7.91. The van der Waals surface area contributed by atoms with Gasteiger partial charge in [-0.25, -0.2) is 16.8 Å². The summed E-state index contributed by atoms with van der Waals surface area (Å²) in [6.07, 6.45) is 23.0.